The predicted octanol–water partition coefficient (Wildman–Crippen LogP) is 3.08. The summed E-state index contributed by atoms with van der Waals surface area (Å²) in [5.74, 6) is 2.48. The van der Waals surface area contributed by atoms with E-state index in [2.05, 4.69) is 52.4 Å². The molecule has 0 aliphatic carbocycles. The Morgan fingerprint density at radius 2 is 1.57 bits per heavy atom. The minimum absolute atomic E-state index is 0.783. The maximum atomic E-state index is 5.89. The molecule has 0 bridgehead atoms. The van der Waals surface area contributed by atoms with Crippen molar-refractivity contribution in [2.75, 3.05) is 0 Å². The second-order valence-corrected chi connectivity index (χ2v) is 5.98. The Kier molecular flexibility index (Phi) is 3.85. The molecule has 0 unspecified atom stereocenters. The Hall–Kier alpha value is -1.99. The molecule has 3 rings (SSSR count). The number of hydrogen-bond donors (Lipinski definition) is 0. The van der Waals surface area contributed by atoms with Crippen molar-refractivity contribution in [3.05, 3.63) is 66.1 Å². The molecule has 0 amide bonds. The predicted molar refractivity (Wildman–Crippen MR) is 84.9 cm³/mol. The Morgan fingerprint density at radius 1 is 0.905 bits per heavy atom. The molecule has 0 N–H and O–H groups in total. The van der Waals surface area contributed by atoms with E-state index in [-0.39, 0.29) is 0 Å². The molecule has 0 saturated heterocycles. The van der Waals surface area contributed by atoms with E-state index in [4.69, 9.17) is 4.74 Å². The molecule has 0 saturated carbocycles. The molecular weight excluding hydrogens is 323 g/mol. The summed E-state index contributed by atoms with van der Waals surface area (Å²) in [7, 11) is 0. The van der Waals surface area contributed by atoms with E-state index in [0.29, 0.717) is 0 Å². The Morgan fingerprint density at radius 3 is 2.24 bits per heavy atom. The van der Waals surface area contributed by atoms with Gasteiger partial charge in [-0.1, -0.05) is 0 Å². The van der Waals surface area contributed by atoms with Crippen LogP contribution in [0.2, 0.25) is 0 Å². The van der Waals surface area contributed by atoms with Crippen molar-refractivity contribution >= 4 is 21.2 Å². The van der Waals surface area contributed by atoms with Gasteiger partial charge in [-0.2, -0.15) is 0 Å². The molecule has 0 atom stereocenters. The van der Waals surface area contributed by atoms with Gasteiger partial charge in [-0.05, 0) is 0 Å². The van der Waals surface area contributed by atoms with Crippen molar-refractivity contribution in [2.24, 2.45) is 0 Å². The van der Waals surface area contributed by atoms with Gasteiger partial charge >= 0.3 is 133 Å². The zero-order chi connectivity index (χ0) is 14.8. The maximum absolute atomic E-state index is 5.89. The Bertz CT molecular complexity index is 743. The van der Waals surface area contributed by atoms with Gasteiger partial charge in [0.25, 0.3) is 0 Å². The van der Waals surface area contributed by atoms with Gasteiger partial charge in [-0.25, -0.2) is 0 Å². The molecule has 4 heteroatoms. The molecule has 104 valence electrons. The summed E-state index contributed by atoms with van der Waals surface area (Å²) >= 11 is 2.51. The fourth-order valence-electron chi connectivity index (χ4n) is 2.27. The molecule has 0 aliphatic rings. The fraction of sp³-hybridized carbons (Fsp3) is 0.118. The van der Waals surface area contributed by atoms with Crippen LogP contribution < -0.4 is 9.09 Å². The van der Waals surface area contributed by atoms with Crippen LogP contribution in [-0.2, 0) is 0 Å². The zero-order valence-corrected chi connectivity index (χ0v) is 13.8. The van der Waals surface area contributed by atoms with Crippen LogP contribution in [0.4, 0.5) is 0 Å². The van der Waals surface area contributed by atoms with Gasteiger partial charge in [0.05, 0.1) is 0 Å². The average molecular weight is 338 g/mol. The molecule has 2 heterocycles. The Balaban J connectivity index is 1.92. The van der Waals surface area contributed by atoms with E-state index in [1.165, 1.54) is 0 Å². The number of rotatable bonds is 3. The van der Waals surface area contributed by atoms with Crippen molar-refractivity contribution < 1.29 is 4.74 Å². The number of nitrogens with zero attached hydrogens (tertiary/aromatic N) is 2. The van der Waals surface area contributed by atoms with Gasteiger partial charge in [-0.15, -0.1) is 0 Å². The second kappa shape index (κ2) is 5.79. The second-order valence-electron chi connectivity index (χ2n) is 4.90. The van der Waals surface area contributed by atoms with Gasteiger partial charge in [0.1, 0.15) is 0 Å². The number of aryl methyl sites for hydroxylation is 2. The van der Waals surface area contributed by atoms with E-state index in [9.17, 15) is 0 Å². The summed E-state index contributed by atoms with van der Waals surface area (Å²) in [6.45, 7) is 4.14. The summed E-state index contributed by atoms with van der Waals surface area (Å²) < 4.78 is 9.16. The van der Waals surface area contributed by atoms with Crippen LogP contribution in [0.5, 0.6) is 11.5 Å². The SMILES string of the molecule is Cc1ccc(C)n1-c1cc(Oc2ccc([As])cc2)ccn1. The minimum atomic E-state index is 0.783. The van der Waals surface area contributed by atoms with Crippen LogP contribution in [0.3, 0.4) is 0 Å². The number of aromatic nitrogens is 2. The van der Waals surface area contributed by atoms with Crippen molar-refractivity contribution in [1.82, 2.24) is 9.55 Å². The van der Waals surface area contributed by atoms with Crippen molar-refractivity contribution in [3.8, 4) is 17.3 Å². The molecule has 3 nitrogen and oxygen atoms in total. The third-order valence-corrected chi connectivity index (χ3v) is 3.92. The number of pyridine rings is 1. The first-order chi connectivity index (χ1) is 10.1. The summed E-state index contributed by atoms with van der Waals surface area (Å²) in [4.78, 5) is 4.44. The van der Waals surface area contributed by atoms with Crippen LogP contribution in [0.1, 0.15) is 11.4 Å². The molecule has 21 heavy (non-hydrogen) atoms. The van der Waals surface area contributed by atoms with Gasteiger partial charge in [0.15, 0.2) is 0 Å². The average Bonchev–Trinajstić information content (AvgIpc) is 2.81. The van der Waals surface area contributed by atoms with Gasteiger partial charge in [0, 0.05) is 0 Å². The normalized spacial score (nSPS) is 10.6. The number of benzene rings is 1. The van der Waals surface area contributed by atoms with Crippen LogP contribution in [0, 0.1) is 13.8 Å². The van der Waals surface area contributed by atoms with E-state index < -0.39 is 0 Å². The van der Waals surface area contributed by atoms with Crippen molar-refractivity contribution in [3.63, 3.8) is 0 Å². The summed E-state index contributed by atoms with van der Waals surface area (Å²) in [6, 6.07) is 15.9. The fourth-order valence-corrected chi connectivity index (χ4v) is 2.58. The zero-order valence-electron chi connectivity index (χ0n) is 11.9. The van der Waals surface area contributed by atoms with Gasteiger partial charge in [-0.3, -0.25) is 0 Å². The van der Waals surface area contributed by atoms with Gasteiger partial charge in [0.2, 0.25) is 0 Å². The third-order valence-electron chi connectivity index (χ3n) is 3.29. The molecule has 0 fully saturated rings. The van der Waals surface area contributed by atoms with Crippen molar-refractivity contribution in [2.45, 2.75) is 13.8 Å². The Labute approximate surface area is 133 Å². The number of ether oxygens (including phenoxy) is 1. The van der Waals surface area contributed by atoms with Gasteiger partial charge < -0.3 is 0 Å². The van der Waals surface area contributed by atoms with E-state index in [1.54, 1.807) is 6.20 Å². The van der Waals surface area contributed by atoms with Crippen molar-refractivity contribution in [1.29, 1.82) is 0 Å². The summed E-state index contributed by atoms with van der Waals surface area (Å²) in [6.07, 6.45) is 1.77. The molecular formula is C17H15AsN2O. The standard InChI is InChI=1S/C17H15AsN2O/c1-12-3-4-13(2)20(12)17-11-16(9-10-19-17)21-15-7-5-14(18)6-8-15/h3-11H,1-2H3. The van der Waals surface area contributed by atoms with E-state index in [1.807, 2.05) is 36.4 Å². The molecule has 1 aromatic carbocycles. The first-order valence-corrected chi connectivity index (χ1v) is 7.65. The number of hydrogen-bond acceptors (Lipinski definition) is 2. The van der Waals surface area contributed by atoms with E-state index in [0.717, 1.165) is 33.1 Å². The first-order valence-electron chi connectivity index (χ1n) is 6.72. The molecule has 3 aromatic rings. The van der Waals surface area contributed by atoms with Crippen LogP contribution >= 0.6 is 0 Å². The summed E-state index contributed by atoms with van der Waals surface area (Å²) in [5, 5.41) is 0. The molecule has 0 aliphatic heterocycles. The van der Waals surface area contributed by atoms with Crippen LogP contribution in [0.15, 0.2) is 54.7 Å². The molecule has 2 aromatic heterocycles. The molecule has 2 radical (unpaired) electrons. The topological polar surface area (TPSA) is 27.1 Å². The molecule has 0 spiro atoms. The van der Waals surface area contributed by atoms with Crippen LogP contribution in [0.25, 0.3) is 5.82 Å². The first kappa shape index (κ1) is 14.0. The third kappa shape index (κ3) is 3.03. The monoisotopic (exact) mass is 338 g/mol. The summed E-state index contributed by atoms with van der Waals surface area (Å²) in [5.41, 5.74) is 2.32. The quantitative estimate of drug-likeness (QED) is 0.687. The van der Waals surface area contributed by atoms with Crippen LogP contribution in [-0.4, -0.2) is 26.4 Å². The van der Waals surface area contributed by atoms with E-state index >= 15 is 0 Å².